The average Bonchev–Trinajstić information content (AvgIpc) is 3.47. The molecular weight excluding hydrogens is 420 g/mol. The molecule has 0 aromatic heterocycles. The van der Waals surface area contributed by atoms with Crippen LogP contribution in [0.4, 0.5) is 0 Å². The van der Waals surface area contributed by atoms with E-state index in [9.17, 15) is 19.6 Å². The molecule has 2 aromatic rings. The van der Waals surface area contributed by atoms with Crippen molar-refractivity contribution in [1.82, 2.24) is 10.2 Å². The zero-order valence-electron chi connectivity index (χ0n) is 18.2. The molecule has 2 atom stereocenters. The van der Waals surface area contributed by atoms with Crippen LogP contribution in [0, 0.1) is 11.3 Å². The van der Waals surface area contributed by atoms with Crippen LogP contribution in [0.3, 0.4) is 0 Å². The van der Waals surface area contributed by atoms with Crippen LogP contribution < -0.4 is 15.8 Å². The fourth-order valence-electron chi connectivity index (χ4n) is 4.37. The Kier molecular flexibility index (Phi) is 6.31. The number of rotatable bonds is 8. The number of amides is 3. The summed E-state index contributed by atoms with van der Waals surface area (Å²) in [6, 6.07) is 17.2. The van der Waals surface area contributed by atoms with E-state index >= 15 is 0 Å². The van der Waals surface area contributed by atoms with Crippen LogP contribution in [-0.2, 0) is 19.8 Å². The van der Waals surface area contributed by atoms with Gasteiger partial charge in [-0.1, -0.05) is 30.3 Å². The molecule has 8 nitrogen and oxygen atoms in total. The number of ether oxygens (including phenoxy) is 1. The first-order valence-electron chi connectivity index (χ1n) is 11.1. The number of nitrogens with zero attached hydrogens (tertiary/aromatic N) is 2. The van der Waals surface area contributed by atoms with Crippen molar-refractivity contribution in [2.45, 2.75) is 49.6 Å². The molecule has 1 heterocycles. The molecule has 0 spiro atoms. The smallest absolute Gasteiger partial charge is 0.243 e. The predicted molar refractivity (Wildman–Crippen MR) is 120 cm³/mol. The standard InChI is InChI=1S/C25H26N4O4/c26-16-18(15-22(27)30)28-23(31)21-7-4-14-29(21)24(32)25(12-13-25)17-8-10-20(11-9-17)33-19-5-2-1-3-6-19/h1-3,5-6,8-11,18,21H,4,7,12-15H2,(H2,27,30)(H,28,31)/t18-,21-/m0/s1. The van der Waals surface area contributed by atoms with E-state index in [-0.39, 0.29) is 12.3 Å². The van der Waals surface area contributed by atoms with Crippen molar-refractivity contribution in [3.63, 3.8) is 0 Å². The highest BCUT2D eigenvalue weighted by Crippen LogP contribution is 2.50. The monoisotopic (exact) mass is 446 g/mol. The number of benzene rings is 2. The summed E-state index contributed by atoms with van der Waals surface area (Å²) in [4.78, 5) is 39.1. The normalized spacial score (nSPS) is 19.2. The highest BCUT2D eigenvalue weighted by atomic mass is 16.5. The minimum atomic E-state index is -1.00. The summed E-state index contributed by atoms with van der Waals surface area (Å²) in [6.45, 7) is 0.487. The van der Waals surface area contributed by atoms with Gasteiger partial charge in [0.2, 0.25) is 17.7 Å². The number of primary amides is 1. The van der Waals surface area contributed by atoms with E-state index in [1.54, 1.807) is 4.90 Å². The molecule has 1 saturated heterocycles. The lowest BCUT2D eigenvalue weighted by molar-refractivity contribution is -0.140. The number of hydrogen-bond acceptors (Lipinski definition) is 5. The number of nitriles is 1. The van der Waals surface area contributed by atoms with Gasteiger partial charge in [0.1, 0.15) is 23.6 Å². The second-order valence-electron chi connectivity index (χ2n) is 8.54. The molecule has 3 amide bonds. The second-order valence-corrected chi connectivity index (χ2v) is 8.54. The molecule has 2 aliphatic rings. The van der Waals surface area contributed by atoms with Gasteiger partial charge in [-0.25, -0.2) is 0 Å². The van der Waals surface area contributed by atoms with Gasteiger partial charge in [-0.3, -0.25) is 14.4 Å². The number of carbonyl (C=O) groups excluding carboxylic acids is 3. The van der Waals surface area contributed by atoms with E-state index in [4.69, 9.17) is 10.5 Å². The number of carbonyl (C=O) groups is 3. The molecule has 2 aromatic carbocycles. The largest absolute Gasteiger partial charge is 0.457 e. The van der Waals surface area contributed by atoms with Gasteiger partial charge >= 0.3 is 0 Å². The van der Waals surface area contributed by atoms with E-state index in [2.05, 4.69) is 5.32 Å². The van der Waals surface area contributed by atoms with Gasteiger partial charge < -0.3 is 20.7 Å². The van der Waals surface area contributed by atoms with Gasteiger partial charge in [-0.2, -0.15) is 5.26 Å². The molecule has 4 rings (SSSR count). The van der Waals surface area contributed by atoms with Gasteiger partial charge in [0, 0.05) is 6.54 Å². The van der Waals surface area contributed by atoms with E-state index < -0.39 is 29.3 Å². The summed E-state index contributed by atoms with van der Waals surface area (Å²) in [5.74, 6) is 0.262. The van der Waals surface area contributed by atoms with E-state index in [0.29, 0.717) is 25.1 Å². The van der Waals surface area contributed by atoms with Crippen LogP contribution in [0.15, 0.2) is 54.6 Å². The summed E-state index contributed by atoms with van der Waals surface area (Å²) in [5.41, 5.74) is 5.42. The first-order chi connectivity index (χ1) is 15.9. The maximum absolute atomic E-state index is 13.5. The lowest BCUT2D eigenvalue weighted by Gasteiger charge is -2.29. The number of para-hydroxylation sites is 1. The van der Waals surface area contributed by atoms with Gasteiger partial charge in [0.15, 0.2) is 0 Å². The lowest BCUT2D eigenvalue weighted by Crippen LogP contribution is -2.51. The van der Waals surface area contributed by atoms with Crippen LogP contribution >= 0.6 is 0 Å². The summed E-state index contributed by atoms with van der Waals surface area (Å²) in [7, 11) is 0. The average molecular weight is 447 g/mol. The first-order valence-corrected chi connectivity index (χ1v) is 11.1. The quantitative estimate of drug-likeness (QED) is 0.644. The molecule has 3 N–H and O–H groups in total. The third kappa shape index (κ3) is 4.82. The van der Waals surface area contributed by atoms with Gasteiger partial charge in [0.25, 0.3) is 0 Å². The molecule has 1 aliphatic carbocycles. The van der Waals surface area contributed by atoms with Gasteiger partial charge in [-0.05, 0) is 55.5 Å². The SMILES string of the molecule is N#C[C@H](CC(N)=O)NC(=O)[C@@H]1CCCN1C(=O)C1(c2ccc(Oc3ccccc3)cc2)CC1. The molecule has 2 fully saturated rings. The Labute approximate surface area is 192 Å². The van der Waals surface area contributed by atoms with E-state index in [1.807, 2.05) is 60.7 Å². The molecule has 33 heavy (non-hydrogen) atoms. The first kappa shape index (κ1) is 22.3. The Morgan fingerprint density at radius 1 is 1.12 bits per heavy atom. The molecule has 8 heteroatoms. The number of likely N-dealkylation sites (tertiary alicyclic amines) is 1. The maximum Gasteiger partial charge on any atom is 0.243 e. The predicted octanol–water partition coefficient (Wildman–Crippen LogP) is 2.39. The zero-order valence-corrected chi connectivity index (χ0v) is 18.2. The highest BCUT2D eigenvalue weighted by molar-refractivity contribution is 5.96. The number of nitrogens with two attached hydrogens (primary N) is 1. The third-order valence-corrected chi connectivity index (χ3v) is 6.24. The van der Waals surface area contributed by atoms with Crippen LogP contribution in [0.2, 0.25) is 0 Å². The number of nitrogens with one attached hydrogen (secondary N) is 1. The Hall–Kier alpha value is -3.86. The van der Waals surface area contributed by atoms with Crippen LogP contribution in [0.1, 0.15) is 37.7 Å². The topological polar surface area (TPSA) is 126 Å². The lowest BCUT2D eigenvalue weighted by atomic mass is 9.93. The van der Waals surface area contributed by atoms with Crippen molar-refractivity contribution in [2.24, 2.45) is 5.73 Å². The molecule has 170 valence electrons. The summed E-state index contributed by atoms with van der Waals surface area (Å²) in [6.07, 6.45) is 2.41. The highest BCUT2D eigenvalue weighted by Gasteiger charge is 2.55. The molecule has 1 aliphatic heterocycles. The second kappa shape index (κ2) is 9.33. The molecule has 1 saturated carbocycles. The fraction of sp³-hybridized carbons (Fsp3) is 0.360. The van der Waals surface area contributed by atoms with Crippen molar-refractivity contribution in [1.29, 1.82) is 5.26 Å². The van der Waals surface area contributed by atoms with Crippen molar-refractivity contribution >= 4 is 17.7 Å². The molecular formula is C25H26N4O4. The van der Waals surface area contributed by atoms with Crippen molar-refractivity contribution in [2.75, 3.05) is 6.54 Å². The Morgan fingerprint density at radius 2 is 1.79 bits per heavy atom. The van der Waals surface area contributed by atoms with Gasteiger partial charge in [0.05, 0.1) is 17.9 Å². The number of hydrogen-bond donors (Lipinski definition) is 2. The molecule has 0 radical (unpaired) electrons. The van der Waals surface area contributed by atoms with Crippen molar-refractivity contribution in [3.05, 3.63) is 60.2 Å². The van der Waals surface area contributed by atoms with Crippen molar-refractivity contribution < 1.29 is 19.1 Å². The summed E-state index contributed by atoms with van der Waals surface area (Å²) >= 11 is 0. The summed E-state index contributed by atoms with van der Waals surface area (Å²) < 4.78 is 5.84. The Morgan fingerprint density at radius 3 is 2.39 bits per heavy atom. The van der Waals surface area contributed by atoms with Crippen LogP contribution in [0.5, 0.6) is 11.5 Å². The molecule has 0 unspecified atom stereocenters. The molecule has 0 bridgehead atoms. The van der Waals surface area contributed by atoms with Gasteiger partial charge in [-0.15, -0.1) is 0 Å². The zero-order chi connectivity index (χ0) is 23.4. The third-order valence-electron chi connectivity index (χ3n) is 6.24. The van der Waals surface area contributed by atoms with E-state index in [1.165, 1.54) is 0 Å². The van der Waals surface area contributed by atoms with Crippen LogP contribution in [0.25, 0.3) is 0 Å². The fourth-order valence-corrected chi connectivity index (χ4v) is 4.37. The Bertz CT molecular complexity index is 1070. The minimum absolute atomic E-state index is 0.0692. The maximum atomic E-state index is 13.5. The van der Waals surface area contributed by atoms with Crippen LogP contribution in [-0.4, -0.2) is 41.2 Å². The van der Waals surface area contributed by atoms with Crippen molar-refractivity contribution in [3.8, 4) is 17.6 Å². The Balaban J connectivity index is 1.45. The van der Waals surface area contributed by atoms with E-state index in [0.717, 1.165) is 24.2 Å². The summed E-state index contributed by atoms with van der Waals surface area (Å²) in [5, 5.41) is 11.7. The minimum Gasteiger partial charge on any atom is -0.457 e.